The maximum absolute atomic E-state index is 13.0. The van der Waals surface area contributed by atoms with E-state index in [1.165, 1.54) is 0 Å². The summed E-state index contributed by atoms with van der Waals surface area (Å²) in [5, 5.41) is 4.78. The molecule has 1 unspecified atom stereocenters. The number of nitrogens with zero attached hydrogens (tertiary/aromatic N) is 3. The standard InChI is InChI=1S/C25H23ClN4O/c1-15-10-16(2)29-17(3)24(15)23(30-25(31)19-6-8-27-9-7-19)12-18-4-5-22-20(11-18)13-21(26)14-28-22/h4-11,13-14,23H,12H2,1-3H3,(H,30,31). The second kappa shape index (κ2) is 8.82. The molecule has 0 saturated heterocycles. The Balaban J connectivity index is 1.72. The lowest BCUT2D eigenvalue weighted by Crippen LogP contribution is -2.31. The molecule has 0 aliphatic rings. The normalized spacial score (nSPS) is 12.0. The van der Waals surface area contributed by atoms with Crippen LogP contribution in [0, 0.1) is 20.8 Å². The van der Waals surface area contributed by atoms with Gasteiger partial charge in [-0.3, -0.25) is 19.7 Å². The Labute approximate surface area is 186 Å². The summed E-state index contributed by atoms with van der Waals surface area (Å²) in [4.78, 5) is 26.0. The SMILES string of the molecule is Cc1cc(C)c(C(Cc2ccc3ncc(Cl)cc3c2)NC(=O)c2ccncc2)c(C)n1. The minimum Gasteiger partial charge on any atom is -0.345 e. The lowest BCUT2D eigenvalue weighted by molar-refractivity contribution is 0.0936. The molecule has 1 aromatic carbocycles. The molecule has 3 heterocycles. The van der Waals surface area contributed by atoms with Crippen molar-refractivity contribution in [1.29, 1.82) is 0 Å². The van der Waals surface area contributed by atoms with Gasteiger partial charge in [-0.1, -0.05) is 17.7 Å². The molecule has 0 aliphatic heterocycles. The largest absolute Gasteiger partial charge is 0.345 e. The van der Waals surface area contributed by atoms with Gasteiger partial charge in [0.15, 0.2) is 0 Å². The summed E-state index contributed by atoms with van der Waals surface area (Å²) in [6.07, 6.45) is 5.50. The number of amides is 1. The monoisotopic (exact) mass is 430 g/mol. The predicted octanol–water partition coefficient (Wildman–Crippen LogP) is 5.32. The van der Waals surface area contributed by atoms with Gasteiger partial charge in [0.2, 0.25) is 0 Å². The maximum atomic E-state index is 13.0. The van der Waals surface area contributed by atoms with Crippen LogP contribution in [-0.2, 0) is 6.42 Å². The number of nitrogens with one attached hydrogen (secondary N) is 1. The molecule has 1 atom stereocenters. The first-order valence-corrected chi connectivity index (χ1v) is 10.5. The van der Waals surface area contributed by atoms with Crippen molar-refractivity contribution in [3.05, 3.63) is 99.7 Å². The highest BCUT2D eigenvalue weighted by Crippen LogP contribution is 2.27. The lowest BCUT2D eigenvalue weighted by atomic mass is 9.93. The molecule has 0 spiro atoms. The molecule has 1 amide bonds. The average Bonchev–Trinajstić information content (AvgIpc) is 2.73. The summed E-state index contributed by atoms with van der Waals surface area (Å²) in [6, 6.07) is 13.2. The molecule has 156 valence electrons. The molecule has 0 aliphatic carbocycles. The van der Waals surface area contributed by atoms with Gasteiger partial charge in [0.1, 0.15) is 0 Å². The van der Waals surface area contributed by atoms with E-state index in [-0.39, 0.29) is 11.9 Å². The number of pyridine rings is 3. The van der Waals surface area contributed by atoms with E-state index in [2.05, 4.69) is 39.3 Å². The van der Waals surface area contributed by atoms with E-state index in [0.29, 0.717) is 17.0 Å². The summed E-state index contributed by atoms with van der Waals surface area (Å²) in [6.45, 7) is 6.03. The molecule has 1 N–H and O–H groups in total. The van der Waals surface area contributed by atoms with E-state index in [4.69, 9.17) is 11.6 Å². The quantitative estimate of drug-likeness (QED) is 0.465. The molecule has 4 aromatic rings. The van der Waals surface area contributed by atoms with Gasteiger partial charge in [-0.2, -0.15) is 0 Å². The van der Waals surface area contributed by atoms with E-state index < -0.39 is 0 Å². The van der Waals surface area contributed by atoms with E-state index in [1.807, 2.05) is 32.0 Å². The topological polar surface area (TPSA) is 67.8 Å². The molecule has 3 aromatic heterocycles. The molecule has 5 nitrogen and oxygen atoms in total. The highest BCUT2D eigenvalue weighted by Gasteiger charge is 2.21. The van der Waals surface area contributed by atoms with Crippen molar-refractivity contribution < 1.29 is 4.79 Å². The second-order valence-electron chi connectivity index (χ2n) is 7.73. The lowest BCUT2D eigenvalue weighted by Gasteiger charge is -2.23. The third kappa shape index (κ3) is 4.72. The number of halogens is 1. The van der Waals surface area contributed by atoms with Crippen molar-refractivity contribution in [2.24, 2.45) is 0 Å². The zero-order valence-corrected chi connectivity index (χ0v) is 18.4. The van der Waals surface area contributed by atoms with Crippen LogP contribution in [0.1, 0.15) is 44.5 Å². The van der Waals surface area contributed by atoms with Crippen molar-refractivity contribution in [1.82, 2.24) is 20.3 Å². The number of carbonyl (C=O) groups is 1. The van der Waals surface area contributed by atoms with Crippen molar-refractivity contribution in [3.63, 3.8) is 0 Å². The van der Waals surface area contributed by atoms with Crippen LogP contribution in [0.25, 0.3) is 10.9 Å². The van der Waals surface area contributed by atoms with Crippen LogP contribution in [0.5, 0.6) is 0 Å². The van der Waals surface area contributed by atoms with Crippen LogP contribution in [0.15, 0.2) is 61.1 Å². The minimum atomic E-state index is -0.238. The first-order chi connectivity index (χ1) is 14.9. The van der Waals surface area contributed by atoms with Gasteiger partial charge in [0.05, 0.1) is 16.6 Å². The molecule has 0 bridgehead atoms. The van der Waals surface area contributed by atoms with Gasteiger partial charge >= 0.3 is 0 Å². The molecule has 31 heavy (non-hydrogen) atoms. The van der Waals surface area contributed by atoms with Crippen molar-refractivity contribution in [2.75, 3.05) is 0 Å². The first kappa shape index (κ1) is 20.9. The first-order valence-electron chi connectivity index (χ1n) is 10.1. The van der Waals surface area contributed by atoms with Gasteiger partial charge in [-0.05, 0) is 80.3 Å². The smallest absolute Gasteiger partial charge is 0.251 e. The fourth-order valence-electron chi connectivity index (χ4n) is 4.05. The third-order valence-electron chi connectivity index (χ3n) is 5.33. The average molecular weight is 431 g/mol. The van der Waals surface area contributed by atoms with Crippen LogP contribution >= 0.6 is 11.6 Å². The zero-order chi connectivity index (χ0) is 22.0. The summed E-state index contributed by atoms with van der Waals surface area (Å²) in [5.41, 5.74) is 6.57. The number of aromatic nitrogens is 3. The van der Waals surface area contributed by atoms with E-state index >= 15 is 0 Å². The van der Waals surface area contributed by atoms with E-state index in [0.717, 1.165) is 39.0 Å². The Bertz CT molecular complexity index is 1230. The highest BCUT2D eigenvalue weighted by molar-refractivity contribution is 6.31. The van der Waals surface area contributed by atoms with Gasteiger partial charge in [-0.25, -0.2) is 0 Å². The van der Waals surface area contributed by atoms with Crippen LogP contribution in [0.3, 0.4) is 0 Å². The molecule has 0 radical (unpaired) electrons. The Morgan fingerprint density at radius 3 is 2.58 bits per heavy atom. The van der Waals surface area contributed by atoms with Crippen LogP contribution in [0.2, 0.25) is 5.02 Å². The molecular weight excluding hydrogens is 408 g/mol. The number of carbonyl (C=O) groups excluding carboxylic acids is 1. The Kier molecular flexibility index (Phi) is 5.96. The van der Waals surface area contributed by atoms with Crippen molar-refractivity contribution >= 4 is 28.4 Å². The van der Waals surface area contributed by atoms with Gasteiger partial charge in [0, 0.05) is 40.9 Å². The molecule has 0 saturated carbocycles. The summed E-state index contributed by atoms with van der Waals surface area (Å²) < 4.78 is 0. The third-order valence-corrected chi connectivity index (χ3v) is 5.54. The summed E-state index contributed by atoms with van der Waals surface area (Å²) in [7, 11) is 0. The number of aryl methyl sites for hydroxylation is 3. The van der Waals surface area contributed by atoms with Crippen molar-refractivity contribution in [3.8, 4) is 0 Å². The minimum absolute atomic E-state index is 0.141. The fraction of sp³-hybridized carbons (Fsp3) is 0.200. The Morgan fingerprint density at radius 1 is 1.06 bits per heavy atom. The Morgan fingerprint density at radius 2 is 1.84 bits per heavy atom. The summed E-state index contributed by atoms with van der Waals surface area (Å²) in [5.74, 6) is -0.141. The zero-order valence-electron chi connectivity index (χ0n) is 17.7. The molecule has 0 fully saturated rings. The van der Waals surface area contributed by atoms with E-state index in [1.54, 1.807) is 30.7 Å². The fourth-order valence-corrected chi connectivity index (χ4v) is 4.21. The Hall–Kier alpha value is -3.31. The van der Waals surface area contributed by atoms with Crippen LogP contribution in [-0.4, -0.2) is 20.9 Å². The molecule has 4 rings (SSSR count). The maximum Gasteiger partial charge on any atom is 0.251 e. The summed E-state index contributed by atoms with van der Waals surface area (Å²) >= 11 is 6.13. The van der Waals surface area contributed by atoms with Crippen LogP contribution < -0.4 is 5.32 Å². The molecule has 6 heteroatoms. The number of benzene rings is 1. The number of hydrogen-bond acceptors (Lipinski definition) is 4. The van der Waals surface area contributed by atoms with Crippen LogP contribution in [0.4, 0.5) is 0 Å². The number of fused-ring (bicyclic) bond motifs is 1. The predicted molar refractivity (Wildman–Crippen MR) is 123 cm³/mol. The van der Waals surface area contributed by atoms with Crippen molar-refractivity contribution in [2.45, 2.75) is 33.2 Å². The number of hydrogen-bond donors (Lipinski definition) is 1. The second-order valence-corrected chi connectivity index (χ2v) is 8.16. The van der Waals surface area contributed by atoms with Gasteiger partial charge in [0.25, 0.3) is 5.91 Å². The van der Waals surface area contributed by atoms with Gasteiger partial charge in [-0.15, -0.1) is 0 Å². The number of rotatable bonds is 5. The van der Waals surface area contributed by atoms with E-state index in [9.17, 15) is 4.79 Å². The van der Waals surface area contributed by atoms with Gasteiger partial charge < -0.3 is 5.32 Å². The highest BCUT2D eigenvalue weighted by atomic mass is 35.5. The molecular formula is C25H23ClN4O.